The number of aromatic nitrogens is 1. The van der Waals surface area contributed by atoms with Gasteiger partial charge in [0.1, 0.15) is 5.69 Å². The summed E-state index contributed by atoms with van der Waals surface area (Å²) < 4.78 is 1.72. The van der Waals surface area contributed by atoms with Crippen molar-refractivity contribution in [2.75, 3.05) is 13.2 Å². The Labute approximate surface area is 139 Å². The second-order valence-corrected chi connectivity index (χ2v) is 5.58. The van der Waals surface area contributed by atoms with E-state index in [1.165, 1.54) is 0 Å². The number of nitrogens with one attached hydrogen (secondary N) is 1. The summed E-state index contributed by atoms with van der Waals surface area (Å²) >= 11 is 0. The van der Waals surface area contributed by atoms with Crippen LogP contribution in [-0.2, 0) is 4.79 Å². The Kier molecular flexibility index (Phi) is 4.44. The first-order chi connectivity index (χ1) is 11.6. The fourth-order valence-electron chi connectivity index (χ4n) is 2.67. The number of ketones is 1. The number of rotatable bonds is 5. The van der Waals surface area contributed by atoms with Crippen molar-refractivity contribution in [1.29, 1.82) is 0 Å². The smallest absolute Gasteiger partial charge is 0.294 e. The molecule has 3 rings (SSSR count). The standard InChI is InChI=1S/C19H18N2O3/c1-13-5-7-14(8-6-13)16-12-15-4-2-3-10-21(15)17(16)18(23)19(24)20-9-11-22/h2-8,10,12,22H,9,11H2,1H3,(H,20,24). The van der Waals surface area contributed by atoms with Crippen LogP contribution in [0.15, 0.2) is 54.7 Å². The van der Waals surface area contributed by atoms with Crippen molar-refractivity contribution >= 4 is 17.2 Å². The minimum Gasteiger partial charge on any atom is -0.395 e. The Hall–Kier alpha value is -2.92. The summed E-state index contributed by atoms with van der Waals surface area (Å²) in [5.41, 5.74) is 3.88. The number of Topliss-reactive ketones (excluding diaryl/α,β-unsaturated/α-hetero) is 1. The molecule has 122 valence electrons. The van der Waals surface area contributed by atoms with Gasteiger partial charge in [0.2, 0.25) is 0 Å². The number of carbonyl (C=O) groups excluding carboxylic acids is 2. The van der Waals surface area contributed by atoms with Crippen LogP contribution in [0.4, 0.5) is 0 Å². The third-order valence-corrected chi connectivity index (χ3v) is 3.86. The molecule has 1 amide bonds. The molecule has 0 aliphatic heterocycles. The van der Waals surface area contributed by atoms with Gasteiger partial charge < -0.3 is 14.8 Å². The van der Waals surface area contributed by atoms with E-state index in [-0.39, 0.29) is 13.2 Å². The first kappa shape index (κ1) is 16.0. The van der Waals surface area contributed by atoms with E-state index >= 15 is 0 Å². The minimum absolute atomic E-state index is 0.0494. The first-order valence-electron chi connectivity index (χ1n) is 7.72. The number of aliphatic hydroxyl groups excluding tert-OH is 1. The molecule has 5 heteroatoms. The monoisotopic (exact) mass is 322 g/mol. The lowest BCUT2D eigenvalue weighted by Gasteiger charge is -2.07. The van der Waals surface area contributed by atoms with Crippen LogP contribution in [0.25, 0.3) is 16.6 Å². The molecular weight excluding hydrogens is 304 g/mol. The van der Waals surface area contributed by atoms with Crippen LogP contribution >= 0.6 is 0 Å². The number of hydrogen-bond acceptors (Lipinski definition) is 3. The Morgan fingerprint density at radius 2 is 1.88 bits per heavy atom. The van der Waals surface area contributed by atoms with Gasteiger partial charge in [-0.15, -0.1) is 0 Å². The molecule has 0 aliphatic rings. The van der Waals surface area contributed by atoms with Gasteiger partial charge >= 0.3 is 0 Å². The molecule has 0 spiro atoms. The number of amides is 1. The molecule has 0 saturated carbocycles. The fraction of sp³-hybridized carbons (Fsp3) is 0.158. The molecule has 0 saturated heterocycles. The van der Waals surface area contributed by atoms with Crippen LogP contribution in [0.3, 0.4) is 0 Å². The second kappa shape index (κ2) is 6.68. The van der Waals surface area contributed by atoms with E-state index in [2.05, 4.69) is 5.32 Å². The summed E-state index contributed by atoms with van der Waals surface area (Å²) in [5.74, 6) is -1.34. The Morgan fingerprint density at radius 1 is 1.12 bits per heavy atom. The maximum atomic E-state index is 12.7. The lowest BCUT2D eigenvalue weighted by Crippen LogP contribution is -2.33. The lowest BCUT2D eigenvalue weighted by molar-refractivity contribution is -0.117. The van der Waals surface area contributed by atoms with Crippen molar-refractivity contribution in [1.82, 2.24) is 9.72 Å². The van der Waals surface area contributed by atoms with Gasteiger partial charge in [0.15, 0.2) is 0 Å². The predicted molar refractivity (Wildman–Crippen MR) is 92.0 cm³/mol. The maximum absolute atomic E-state index is 12.7. The first-order valence-corrected chi connectivity index (χ1v) is 7.72. The van der Waals surface area contributed by atoms with Crippen LogP contribution in [0.5, 0.6) is 0 Å². The fourth-order valence-corrected chi connectivity index (χ4v) is 2.67. The highest BCUT2D eigenvalue weighted by Gasteiger charge is 2.24. The van der Waals surface area contributed by atoms with Gasteiger partial charge in [-0.05, 0) is 30.7 Å². The quantitative estimate of drug-likeness (QED) is 0.559. The van der Waals surface area contributed by atoms with Crippen LogP contribution in [0, 0.1) is 6.92 Å². The summed E-state index contributed by atoms with van der Waals surface area (Å²) in [5, 5.41) is 11.2. The van der Waals surface area contributed by atoms with Crippen molar-refractivity contribution in [3.63, 3.8) is 0 Å². The van der Waals surface area contributed by atoms with Crippen LogP contribution in [0.1, 0.15) is 16.1 Å². The normalized spacial score (nSPS) is 10.8. The van der Waals surface area contributed by atoms with E-state index in [0.717, 1.165) is 16.6 Å². The number of aliphatic hydroxyl groups is 1. The molecule has 2 heterocycles. The Bertz CT molecular complexity index is 895. The summed E-state index contributed by atoms with van der Waals surface area (Å²) in [6.07, 6.45) is 1.76. The molecule has 0 bridgehead atoms. The minimum atomic E-state index is -0.721. The third-order valence-electron chi connectivity index (χ3n) is 3.86. The molecule has 5 nitrogen and oxygen atoms in total. The highest BCUT2D eigenvalue weighted by atomic mass is 16.3. The zero-order valence-electron chi connectivity index (χ0n) is 13.3. The van der Waals surface area contributed by atoms with Crippen molar-refractivity contribution in [2.24, 2.45) is 0 Å². The largest absolute Gasteiger partial charge is 0.395 e. The summed E-state index contributed by atoms with van der Waals surface area (Å²) in [6.45, 7) is 1.83. The van der Waals surface area contributed by atoms with E-state index in [9.17, 15) is 9.59 Å². The summed E-state index contributed by atoms with van der Waals surface area (Å²) in [6, 6.07) is 15.3. The van der Waals surface area contributed by atoms with E-state index in [4.69, 9.17) is 5.11 Å². The highest BCUT2D eigenvalue weighted by Crippen LogP contribution is 2.28. The van der Waals surface area contributed by atoms with Gasteiger partial charge in [-0.25, -0.2) is 0 Å². The summed E-state index contributed by atoms with van der Waals surface area (Å²) in [7, 11) is 0. The van der Waals surface area contributed by atoms with E-state index < -0.39 is 11.7 Å². The molecule has 3 aromatic rings. The summed E-state index contributed by atoms with van der Waals surface area (Å²) in [4.78, 5) is 24.8. The van der Waals surface area contributed by atoms with Gasteiger partial charge in [-0.1, -0.05) is 35.9 Å². The SMILES string of the molecule is Cc1ccc(-c2cc3ccccn3c2C(=O)C(=O)NCCO)cc1. The van der Waals surface area contributed by atoms with Gasteiger partial charge in [0.05, 0.1) is 6.61 Å². The molecule has 0 fully saturated rings. The molecule has 0 radical (unpaired) electrons. The zero-order valence-corrected chi connectivity index (χ0v) is 13.3. The van der Waals surface area contributed by atoms with E-state index in [0.29, 0.717) is 11.3 Å². The molecule has 2 aromatic heterocycles. The number of hydrogen-bond donors (Lipinski definition) is 2. The van der Waals surface area contributed by atoms with E-state index in [1.54, 1.807) is 10.6 Å². The van der Waals surface area contributed by atoms with Crippen molar-refractivity contribution in [2.45, 2.75) is 6.92 Å². The Morgan fingerprint density at radius 3 is 2.58 bits per heavy atom. The van der Waals surface area contributed by atoms with Crippen molar-refractivity contribution in [3.05, 3.63) is 66.0 Å². The maximum Gasteiger partial charge on any atom is 0.294 e. The predicted octanol–water partition coefficient (Wildman–Crippen LogP) is 2.21. The van der Waals surface area contributed by atoms with Crippen LogP contribution in [-0.4, -0.2) is 34.3 Å². The molecular formula is C19H18N2O3. The number of nitrogens with zero attached hydrogens (tertiary/aromatic N) is 1. The number of fused-ring (bicyclic) bond motifs is 1. The molecule has 0 unspecified atom stereocenters. The number of benzene rings is 1. The molecule has 24 heavy (non-hydrogen) atoms. The highest BCUT2D eigenvalue weighted by molar-refractivity contribution is 6.43. The van der Waals surface area contributed by atoms with Crippen LogP contribution < -0.4 is 5.32 Å². The topological polar surface area (TPSA) is 70.8 Å². The van der Waals surface area contributed by atoms with Gasteiger partial charge in [-0.2, -0.15) is 0 Å². The van der Waals surface area contributed by atoms with Crippen molar-refractivity contribution < 1.29 is 14.7 Å². The number of pyridine rings is 1. The van der Waals surface area contributed by atoms with Gasteiger partial charge in [0, 0.05) is 23.8 Å². The third kappa shape index (κ3) is 2.94. The molecule has 2 N–H and O–H groups in total. The zero-order chi connectivity index (χ0) is 17.1. The number of aryl methyl sites for hydroxylation is 1. The Balaban J connectivity index is 2.13. The van der Waals surface area contributed by atoms with Crippen molar-refractivity contribution in [3.8, 4) is 11.1 Å². The van der Waals surface area contributed by atoms with E-state index in [1.807, 2.05) is 55.5 Å². The lowest BCUT2D eigenvalue weighted by atomic mass is 10.0. The second-order valence-electron chi connectivity index (χ2n) is 5.58. The van der Waals surface area contributed by atoms with Gasteiger partial charge in [-0.3, -0.25) is 9.59 Å². The number of carbonyl (C=O) groups is 2. The van der Waals surface area contributed by atoms with Gasteiger partial charge in [0.25, 0.3) is 11.7 Å². The molecule has 0 aliphatic carbocycles. The molecule has 1 aromatic carbocycles. The molecule has 0 atom stereocenters. The average molecular weight is 322 g/mol. The van der Waals surface area contributed by atoms with Crippen LogP contribution in [0.2, 0.25) is 0 Å². The average Bonchev–Trinajstić information content (AvgIpc) is 2.99.